The van der Waals surface area contributed by atoms with Crippen LogP contribution in [-0.2, 0) is 14.6 Å². The first-order valence-corrected chi connectivity index (χ1v) is 5.69. The summed E-state index contributed by atoms with van der Waals surface area (Å²) < 4.78 is 22.0. The van der Waals surface area contributed by atoms with E-state index in [9.17, 15) is 13.2 Å². The summed E-state index contributed by atoms with van der Waals surface area (Å²) in [5.41, 5.74) is 0.756. The number of allylic oxidation sites excluding steroid dienone is 1. The highest BCUT2D eigenvalue weighted by molar-refractivity contribution is 7.91. The number of hydrogen-bond donors (Lipinski definition) is 0. The fourth-order valence-corrected chi connectivity index (χ4v) is 3.22. The average molecular weight is 188 g/mol. The van der Waals surface area contributed by atoms with Crippen LogP contribution < -0.4 is 0 Å². The minimum Gasteiger partial charge on any atom is -0.303 e. The smallest absolute Gasteiger partial charge is 0.150 e. The van der Waals surface area contributed by atoms with Gasteiger partial charge in [0, 0.05) is 6.42 Å². The van der Waals surface area contributed by atoms with E-state index in [-0.39, 0.29) is 17.4 Å². The molecule has 1 rings (SSSR count). The molecule has 1 heterocycles. The lowest BCUT2D eigenvalue weighted by Gasteiger charge is -2.07. The Balaban J connectivity index is 2.58. The van der Waals surface area contributed by atoms with Crippen molar-refractivity contribution in [3.8, 4) is 0 Å². The fourth-order valence-electron chi connectivity index (χ4n) is 1.39. The molecule has 0 aromatic heterocycles. The molecule has 0 N–H and O–H groups in total. The lowest BCUT2D eigenvalue weighted by atomic mass is 9.98. The molecule has 0 radical (unpaired) electrons. The predicted octanol–water partition coefficient (Wildman–Crippen LogP) is 0.566. The van der Waals surface area contributed by atoms with Gasteiger partial charge in [0.25, 0.3) is 0 Å². The van der Waals surface area contributed by atoms with Gasteiger partial charge in [0.1, 0.15) is 6.29 Å². The summed E-state index contributed by atoms with van der Waals surface area (Å²) in [6, 6.07) is 0. The number of rotatable bonds is 3. The standard InChI is InChI=1S/C8H12O3S/c1-7(2-4-9)8-3-5-12(10,11)6-8/h4,8H,1-3,5-6H2. The molecule has 1 fully saturated rings. The van der Waals surface area contributed by atoms with Crippen LogP contribution in [0.5, 0.6) is 0 Å². The molecule has 12 heavy (non-hydrogen) atoms. The minimum atomic E-state index is -2.84. The van der Waals surface area contributed by atoms with Gasteiger partial charge in [-0.25, -0.2) is 8.42 Å². The monoisotopic (exact) mass is 188 g/mol. The zero-order valence-corrected chi connectivity index (χ0v) is 7.64. The summed E-state index contributed by atoms with van der Waals surface area (Å²) in [5.74, 6) is 0.440. The van der Waals surface area contributed by atoms with Gasteiger partial charge in [-0.05, 0) is 12.3 Å². The summed E-state index contributed by atoms with van der Waals surface area (Å²) in [5, 5.41) is 0. The summed E-state index contributed by atoms with van der Waals surface area (Å²) in [6.07, 6.45) is 1.70. The van der Waals surface area contributed by atoms with Gasteiger partial charge < -0.3 is 4.79 Å². The highest BCUT2D eigenvalue weighted by atomic mass is 32.2. The van der Waals surface area contributed by atoms with Crippen LogP contribution in [0.15, 0.2) is 12.2 Å². The first-order valence-electron chi connectivity index (χ1n) is 3.87. The maximum Gasteiger partial charge on any atom is 0.150 e. The van der Waals surface area contributed by atoms with Crippen molar-refractivity contribution in [3.63, 3.8) is 0 Å². The Morgan fingerprint density at radius 1 is 1.58 bits per heavy atom. The van der Waals surface area contributed by atoms with Crippen molar-refractivity contribution in [2.45, 2.75) is 12.8 Å². The van der Waals surface area contributed by atoms with Crippen LogP contribution in [0.3, 0.4) is 0 Å². The highest BCUT2D eigenvalue weighted by Gasteiger charge is 2.29. The predicted molar refractivity (Wildman–Crippen MR) is 46.6 cm³/mol. The SMILES string of the molecule is C=C(CC=O)C1CCS(=O)(=O)C1. The van der Waals surface area contributed by atoms with Crippen molar-refractivity contribution < 1.29 is 13.2 Å². The topological polar surface area (TPSA) is 51.2 Å². The van der Waals surface area contributed by atoms with E-state index in [1.54, 1.807) is 0 Å². The molecule has 0 spiro atoms. The lowest BCUT2D eigenvalue weighted by molar-refractivity contribution is -0.107. The van der Waals surface area contributed by atoms with Gasteiger partial charge in [-0.2, -0.15) is 0 Å². The maximum atomic E-state index is 11.0. The molecule has 4 heteroatoms. The summed E-state index contributed by atoms with van der Waals surface area (Å²) in [7, 11) is -2.84. The minimum absolute atomic E-state index is 0.0141. The molecular formula is C8H12O3S. The zero-order valence-electron chi connectivity index (χ0n) is 6.82. The molecule has 1 aliphatic heterocycles. The van der Waals surface area contributed by atoms with Gasteiger partial charge in [0.05, 0.1) is 11.5 Å². The lowest BCUT2D eigenvalue weighted by Crippen LogP contribution is -2.07. The molecule has 0 aromatic rings. The Hall–Kier alpha value is -0.640. The number of sulfone groups is 1. The van der Waals surface area contributed by atoms with E-state index >= 15 is 0 Å². The van der Waals surface area contributed by atoms with Gasteiger partial charge in [-0.3, -0.25) is 0 Å². The second-order valence-corrected chi connectivity index (χ2v) is 5.36. The first kappa shape index (κ1) is 9.45. The third kappa shape index (κ3) is 2.17. The molecule has 0 bridgehead atoms. The van der Waals surface area contributed by atoms with E-state index in [2.05, 4.69) is 6.58 Å². The van der Waals surface area contributed by atoms with Crippen LogP contribution >= 0.6 is 0 Å². The van der Waals surface area contributed by atoms with Gasteiger partial charge in [0.15, 0.2) is 9.84 Å². The van der Waals surface area contributed by atoms with Crippen LogP contribution in [-0.4, -0.2) is 26.2 Å². The Morgan fingerprint density at radius 3 is 2.67 bits per heavy atom. The van der Waals surface area contributed by atoms with Crippen LogP contribution in [0.4, 0.5) is 0 Å². The van der Waals surface area contributed by atoms with E-state index in [0.29, 0.717) is 12.8 Å². The van der Waals surface area contributed by atoms with E-state index in [0.717, 1.165) is 11.9 Å². The molecule has 0 aliphatic carbocycles. The second kappa shape index (κ2) is 3.39. The molecule has 1 aliphatic rings. The summed E-state index contributed by atoms with van der Waals surface area (Å²) in [4.78, 5) is 10.1. The third-order valence-electron chi connectivity index (χ3n) is 2.16. The van der Waals surface area contributed by atoms with Crippen molar-refractivity contribution in [2.24, 2.45) is 5.92 Å². The van der Waals surface area contributed by atoms with E-state index in [1.807, 2.05) is 0 Å². The van der Waals surface area contributed by atoms with Crippen molar-refractivity contribution in [1.82, 2.24) is 0 Å². The van der Waals surface area contributed by atoms with Gasteiger partial charge >= 0.3 is 0 Å². The number of hydrogen-bond acceptors (Lipinski definition) is 3. The van der Waals surface area contributed by atoms with Crippen molar-refractivity contribution in [2.75, 3.05) is 11.5 Å². The fraction of sp³-hybridized carbons (Fsp3) is 0.625. The molecule has 68 valence electrons. The second-order valence-electron chi connectivity index (χ2n) is 3.13. The molecule has 0 aromatic carbocycles. The van der Waals surface area contributed by atoms with Crippen LogP contribution in [0.1, 0.15) is 12.8 Å². The van der Waals surface area contributed by atoms with E-state index < -0.39 is 9.84 Å². The Kier molecular flexibility index (Phi) is 2.67. The van der Waals surface area contributed by atoms with Crippen molar-refractivity contribution in [3.05, 3.63) is 12.2 Å². The van der Waals surface area contributed by atoms with E-state index in [1.165, 1.54) is 0 Å². The average Bonchev–Trinajstić information content (AvgIpc) is 2.31. The zero-order chi connectivity index (χ0) is 9.19. The Morgan fingerprint density at radius 2 is 2.25 bits per heavy atom. The Bertz CT molecular complexity index is 289. The molecule has 1 unspecified atom stereocenters. The third-order valence-corrected chi connectivity index (χ3v) is 3.92. The van der Waals surface area contributed by atoms with Crippen LogP contribution in [0, 0.1) is 5.92 Å². The van der Waals surface area contributed by atoms with Gasteiger partial charge in [0.2, 0.25) is 0 Å². The molecule has 3 nitrogen and oxygen atoms in total. The molecular weight excluding hydrogens is 176 g/mol. The Labute approximate surface area is 72.4 Å². The quantitative estimate of drug-likeness (QED) is 0.480. The number of carbonyl (C=O) groups excluding carboxylic acids is 1. The largest absolute Gasteiger partial charge is 0.303 e. The maximum absolute atomic E-state index is 11.0. The highest BCUT2D eigenvalue weighted by Crippen LogP contribution is 2.25. The number of aldehydes is 1. The molecule has 0 saturated carbocycles. The summed E-state index contributed by atoms with van der Waals surface area (Å²) in [6.45, 7) is 3.70. The molecule has 0 amide bonds. The van der Waals surface area contributed by atoms with E-state index in [4.69, 9.17) is 0 Å². The molecule has 1 atom stereocenters. The van der Waals surface area contributed by atoms with Crippen molar-refractivity contribution in [1.29, 1.82) is 0 Å². The summed E-state index contributed by atoms with van der Waals surface area (Å²) >= 11 is 0. The normalized spacial score (nSPS) is 26.8. The number of carbonyl (C=O) groups is 1. The van der Waals surface area contributed by atoms with Crippen LogP contribution in [0.2, 0.25) is 0 Å². The van der Waals surface area contributed by atoms with Crippen molar-refractivity contribution >= 4 is 16.1 Å². The first-order chi connectivity index (χ1) is 5.55. The van der Waals surface area contributed by atoms with Gasteiger partial charge in [-0.1, -0.05) is 12.2 Å². The van der Waals surface area contributed by atoms with Gasteiger partial charge in [-0.15, -0.1) is 0 Å². The van der Waals surface area contributed by atoms with Crippen LogP contribution in [0.25, 0.3) is 0 Å². The molecule has 1 saturated heterocycles.